The van der Waals surface area contributed by atoms with Gasteiger partial charge in [0.05, 0.1) is 11.9 Å². The highest BCUT2D eigenvalue weighted by Crippen LogP contribution is 2.34. The van der Waals surface area contributed by atoms with Crippen LogP contribution in [0.2, 0.25) is 0 Å². The fraction of sp³-hybridized carbons (Fsp3) is 0.154. The predicted molar refractivity (Wildman–Crippen MR) is 69.3 cm³/mol. The van der Waals surface area contributed by atoms with Crippen molar-refractivity contribution in [3.63, 3.8) is 0 Å². The van der Waals surface area contributed by atoms with Crippen molar-refractivity contribution in [1.82, 2.24) is 4.98 Å². The zero-order valence-corrected chi connectivity index (χ0v) is 10.0. The maximum Gasteiger partial charge on any atom is 0.165 e. The van der Waals surface area contributed by atoms with Crippen LogP contribution in [0.4, 0.5) is 21.6 Å². The third kappa shape index (κ3) is 2.37. The molecule has 0 bridgehead atoms. The molecule has 0 amide bonds. The van der Waals surface area contributed by atoms with Gasteiger partial charge in [-0.2, -0.15) is 0 Å². The molecule has 19 heavy (non-hydrogen) atoms. The van der Waals surface area contributed by atoms with Crippen molar-refractivity contribution in [1.29, 1.82) is 0 Å². The molecule has 98 valence electrons. The van der Waals surface area contributed by atoms with Crippen LogP contribution >= 0.6 is 0 Å². The monoisotopic (exact) mass is 261 g/mol. The first-order valence-electron chi connectivity index (χ1n) is 5.80. The normalized spacial score (nSPS) is 13.1. The molecule has 0 aliphatic carbocycles. The molecule has 3 rings (SSSR count). The molecule has 2 aromatic rings. The van der Waals surface area contributed by atoms with Gasteiger partial charge in [-0.05, 0) is 12.1 Å². The molecule has 0 saturated heterocycles. The lowest BCUT2D eigenvalue weighted by Gasteiger charge is -2.19. The van der Waals surface area contributed by atoms with E-state index in [2.05, 4.69) is 10.3 Å². The van der Waals surface area contributed by atoms with Gasteiger partial charge in [-0.25, -0.2) is 9.37 Å². The van der Waals surface area contributed by atoms with Crippen molar-refractivity contribution >= 4 is 17.2 Å². The minimum atomic E-state index is -0.468. The number of hydrogen-bond donors (Lipinski definition) is 2. The fourth-order valence-electron chi connectivity index (χ4n) is 1.83. The summed E-state index contributed by atoms with van der Waals surface area (Å²) in [5.41, 5.74) is 6.49. The van der Waals surface area contributed by atoms with Crippen LogP contribution in [0.25, 0.3) is 0 Å². The van der Waals surface area contributed by atoms with Gasteiger partial charge in [0.2, 0.25) is 0 Å². The van der Waals surface area contributed by atoms with Crippen LogP contribution in [0.5, 0.6) is 11.5 Å². The van der Waals surface area contributed by atoms with E-state index in [4.69, 9.17) is 15.2 Å². The number of nitrogens with two attached hydrogens (primary N) is 1. The average Bonchev–Trinajstić information content (AvgIpc) is 2.43. The fourth-order valence-corrected chi connectivity index (χ4v) is 1.83. The quantitative estimate of drug-likeness (QED) is 0.868. The summed E-state index contributed by atoms with van der Waals surface area (Å²) in [6.45, 7) is 1.04. The zero-order valence-electron chi connectivity index (χ0n) is 10.0. The van der Waals surface area contributed by atoms with E-state index >= 15 is 0 Å². The summed E-state index contributed by atoms with van der Waals surface area (Å²) in [6.07, 6.45) is 1.08. The first-order chi connectivity index (χ1) is 9.22. The Morgan fingerprint density at radius 2 is 1.95 bits per heavy atom. The highest BCUT2D eigenvalue weighted by Gasteiger charge is 2.12. The lowest BCUT2D eigenvalue weighted by molar-refractivity contribution is 0.171. The van der Waals surface area contributed by atoms with Crippen molar-refractivity contribution < 1.29 is 13.9 Å². The molecule has 2 heterocycles. The van der Waals surface area contributed by atoms with E-state index in [0.29, 0.717) is 30.4 Å². The second kappa shape index (κ2) is 4.64. The third-order valence-corrected chi connectivity index (χ3v) is 2.70. The number of halogens is 1. The molecule has 0 radical (unpaired) electrons. The maximum absolute atomic E-state index is 13.6. The van der Waals surface area contributed by atoms with Crippen LogP contribution in [0.1, 0.15) is 0 Å². The van der Waals surface area contributed by atoms with Gasteiger partial charge in [0, 0.05) is 17.8 Å². The Bertz CT molecular complexity index is 619. The van der Waals surface area contributed by atoms with Gasteiger partial charge >= 0.3 is 0 Å². The Morgan fingerprint density at radius 1 is 1.16 bits per heavy atom. The molecule has 1 aromatic heterocycles. The van der Waals surface area contributed by atoms with Gasteiger partial charge < -0.3 is 20.5 Å². The predicted octanol–water partition coefficient (Wildman–Crippen LogP) is 2.32. The third-order valence-electron chi connectivity index (χ3n) is 2.70. The van der Waals surface area contributed by atoms with Crippen molar-refractivity contribution in [2.24, 2.45) is 0 Å². The maximum atomic E-state index is 13.6. The summed E-state index contributed by atoms with van der Waals surface area (Å²) >= 11 is 0. The number of ether oxygens (including phenoxy) is 2. The number of nitrogen functional groups attached to an aromatic ring is 1. The lowest BCUT2D eigenvalue weighted by atomic mass is 10.2. The summed E-state index contributed by atoms with van der Waals surface area (Å²) in [6, 6.07) is 6.75. The molecule has 0 saturated carbocycles. The molecular formula is C13H12FN3O2. The number of fused-ring (bicyclic) bond motifs is 1. The molecule has 1 aliphatic heterocycles. The summed E-state index contributed by atoms with van der Waals surface area (Å²) in [5.74, 6) is 1.11. The minimum absolute atomic E-state index is 0.251. The van der Waals surface area contributed by atoms with E-state index in [9.17, 15) is 4.39 Å². The van der Waals surface area contributed by atoms with E-state index in [1.165, 1.54) is 6.07 Å². The standard InChI is InChI=1S/C13H12FN3O2/c14-9-7-16-13(15)6-10(9)17-8-1-2-11-12(5-8)19-4-3-18-11/h1-2,5-7H,3-4H2,(H3,15,16,17). The summed E-state index contributed by atoms with van der Waals surface area (Å²) in [4.78, 5) is 3.67. The smallest absolute Gasteiger partial charge is 0.165 e. The van der Waals surface area contributed by atoms with Crippen LogP contribution in [-0.4, -0.2) is 18.2 Å². The Balaban J connectivity index is 1.89. The second-order valence-electron chi connectivity index (χ2n) is 4.07. The molecule has 6 heteroatoms. The van der Waals surface area contributed by atoms with Crippen molar-refractivity contribution in [3.05, 3.63) is 36.3 Å². The number of benzene rings is 1. The van der Waals surface area contributed by atoms with Crippen molar-refractivity contribution in [3.8, 4) is 11.5 Å². The van der Waals surface area contributed by atoms with Crippen LogP contribution in [0.3, 0.4) is 0 Å². The van der Waals surface area contributed by atoms with Crippen LogP contribution in [0.15, 0.2) is 30.5 Å². The number of hydrogen-bond acceptors (Lipinski definition) is 5. The number of anilines is 3. The second-order valence-corrected chi connectivity index (χ2v) is 4.07. The van der Waals surface area contributed by atoms with Gasteiger partial charge in [-0.15, -0.1) is 0 Å². The zero-order chi connectivity index (χ0) is 13.2. The van der Waals surface area contributed by atoms with E-state index in [1.807, 2.05) is 0 Å². The van der Waals surface area contributed by atoms with Crippen LogP contribution in [0, 0.1) is 5.82 Å². The Kier molecular flexibility index (Phi) is 2.83. The summed E-state index contributed by atoms with van der Waals surface area (Å²) in [5, 5.41) is 2.93. The topological polar surface area (TPSA) is 69.4 Å². The van der Waals surface area contributed by atoms with Crippen LogP contribution < -0.4 is 20.5 Å². The minimum Gasteiger partial charge on any atom is -0.486 e. The van der Waals surface area contributed by atoms with Gasteiger partial charge in [0.15, 0.2) is 17.3 Å². The Morgan fingerprint density at radius 3 is 2.79 bits per heavy atom. The Hall–Kier alpha value is -2.50. The Labute approximate surface area is 109 Å². The molecule has 0 spiro atoms. The van der Waals surface area contributed by atoms with E-state index in [1.54, 1.807) is 18.2 Å². The van der Waals surface area contributed by atoms with Gasteiger partial charge in [0.1, 0.15) is 19.0 Å². The molecule has 1 aliphatic rings. The first-order valence-corrected chi connectivity index (χ1v) is 5.80. The number of aromatic nitrogens is 1. The van der Waals surface area contributed by atoms with Crippen molar-refractivity contribution in [2.75, 3.05) is 24.3 Å². The van der Waals surface area contributed by atoms with E-state index in [0.717, 1.165) is 6.20 Å². The van der Waals surface area contributed by atoms with Crippen molar-refractivity contribution in [2.45, 2.75) is 0 Å². The number of nitrogens with zero attached hydrogens (tertiary/aromatic N) is 1. The molecule has 5 nitrogen and oxygen atoms in total. The van der Waals surface area contributed by atoms with Gasteiger partial charge in [-0.3, -0.25) is 0 Å². The number of pyridine rings is 1. The largest absolute Gasteiger partial charge is 0.486 e. The first kappa shape index (κ1) is 11.6. The molecule has 0 fully saturated rings. The molecule has 0 unspecified atom stereocenters. The molecule has 1 aromatic carbocycles. The summed E-state index contributed by atoms with van der Waals surface area (Å²) < 4.78 is 24.4. The lowest BCUT2D eigenvalue weighted by Crippen LogP contribution is -2.15. The number of nitrogens with one attached hydrogen (secondary N) is 1. The summed E-state index contributed by atoms with van der Waals surface area (Å²) in [7, 11) is 0. The highest BCUT2D eigenvalue weighted by atomic mass is 19.1. The highest BCUT2D eigenvalue weighted by molar-refractivity contribution is 5.65. The molecule has 0 atom stereocenters. The molecular weight excluding hydrogens is 249 g/mol. The van der Waals surface area contributed by atoms with Gasteiger partial charge in [-0.1, -0.05) is 0 Å². The average molecular weight is 261 g/mol. The van der Waals surface area contributed by atoms with E-state index < -0.39 is 5.82 Å². The van der Waals surface area contributed by atoms with E-state index in [-0.39, 0.29) is 11.5 Å². The number of rotatable bonds is 2. The SMILES string of the molecule is Nc1cc(Nc2ccc3c(c2)OCCO3)c(F)cn1. The van der Waals surface area contributed by atoms with Gasteiger partial charge in [0.25, 0.3) is 0 Å². The molecule has 3 N–H and O–H groups in total. The van der Waals surface area contributed by atoms with Crippen LogP contribution in [-0.2, 0) is 0 Å².